The van der Waals surface area contributed by atoms with Crippen molar-refractivity contribution >= 4 is 24.1 Å². The number of hydrogen-bond donors (Lipinski definition) is 1. The number of rotatable bonds is 6. The third-order valence-electron chi connectivity index (χ3n) is 4.78. The van der Waals surface area contributed by atoms with Crippen LogP contribution in [-0.2, 0) is 6.54 Å². The van der Waals surface area contributed by atoms with Gasteiger partial charge in [-0.3, -0.25) is 15.0 Å². The van der Waals surface area contributed by atoms with Crippen LogP contribution >= 0.6 is 0 Å². The van der Waals surface area contributed by atoms with Crippen molar-refractivity contribution in [1.29, 1.82) is 0 Å². The van der Waals surface area contributed by atoms with E-state index in [4.69, 9.17) is 4.74 Å². The van der Waals surface area contributed by atoms with Gasteiger partial charge in [0, 0.05) is 64.7 Å². The lowest BCUT2D eigenvalue weighted by atomic mass is 10.1. The summed E-state index contributed by atoms with van der Waals surface area (Å²) in [5.74, 6) is 0.140. The quantitative estimate of drug-likeness (QED) is 0.565. The first-order chi connectivity index (χ1) is 15.1. The number of anilines is 1. The van der Waals surface area contributed by atoms with Crippen LogP contribution < -0.4 is 10.1 Å². The summed E-state index contributed by atoms with van der Waals surface area (Å²) in [5.41, 5.74) is 1.67. The lowest BCUT2D eigenvalue weighted by Crippen LogP contribution is -2.43. The van der Waals surface area contributed by atoms with Crippen LogP contribution in [0.3, 0.4) is 0 Å². The highest BCUT2D eigenvalue weighted by Crippen LogP contribution is 2.13. The average molecular weight is 426 g/mol. The fourth-order valence-electron chi connectivity index (χ4n) is 3.15. The first kappa shape index (κ1) is 22.5. The highest BCUT2D eigenvalue weighted by molar-refractivity contribution is 6.03. The molecule has 166 valence electrons. The van der Waals surface area contributed by atoms with Gasteiger partial charge in [0.1, 0.15) is 0 Å². The second-order valence-corrected chi connectivity index (χ2v) is 7.20. The molecule has 0 bridgehead atoms. The summed E-state index contributed by atoms with van der Waals surface area (Å²) in [6.45, 7) is 9.19. The summed E-state index contributed by atoms with van der Waals surface area (Å²) in [6, 6.07) is 9.43. The predicted molar refractivity (Wildman–Crippen MR) is 124 cm³/mol. The summed E-state index contributed by atoms with van der Waals surface area (Å²) in [4.78, 5) is 34.0. The third-order valence-corrected chi connectivity index (χ3v) is 4.78. The van der Waals surface area contributed by atoms with Crippen molar-refractivity contribution in [3.63, 3.8) is 0 Å². The molecule has 1 saturated heterocycles. The predicted octanol–water partition coefficient (Wildman–Crippen LogP) is 2.57. The van der Waals surface area contributed by atoms with Crippen molar-refractivity contribution in [3.8, 4) is 5.88 Å². The van der Waals surface area contributed by atoms with Gasteiger partial charge >= 0.3 is 6.02 Å². The molecule has 31 heavy (non-hydrogen) atoms. The SMILES string of the molecule is C/C=N\C(=NCC)Oc1ccnc(NC(=O)c2cccc(CN3CCN(C)CC3)c2)n1.[HH]. The van der Waals surface area contributed by atoms with Crippen LogP contribution in [0.5, 0.6) is 5.88 Å². The minimum atomic E-state index is -0.272. The van der Waals surface area contributed by atoms with E-state index in [1.807, 2.05) is 25.1 Å². The number of amidine groups is 1. The van der Waals surface area contributed by atoms with E-state index in [9.17, 15) is 4.79 Å². The molecular formula is C22H31N7O2. The van der Waals surface area contributed by atoms with E-state index in [0.717, 1.165) is 38.3 Å². The molecule has 2 heterocycles. The van der Waals surface area contributed by atoms with Gasteiger partial charge in [0.2, 0.25) is 11.8 Å². The summed E-state index contributed by atoms with van der Waals surface area (Å²) < 4.78 is 5.58. The molecule has 0 atom stereocenters. The van der Waals surface area contributed by atoms with Crippen LogP contribution in [0, 0.1) is 0 Å². The number of aliphatic imine (C=N–C) groups is 2. The number of carbonyl (C=O) groups is 1. The van der Waals surface area contributed by atoms with E-state index in [1.165, 1.54) is 6.20 Å². The van der Waals surface area contributed by atoms with Crippen molar-refractivity contribution in [2.24, 2.45) is 9.98 Å². The zero-order chi connectivity index (χ0) is 22.1. The Morgan fingerprint density at radius 1 is 1.29 bits per heavy atom. The van der Waals surface area contributed by atoms with Gasteiger partial charge in [-0.25, -0.2) is 15.0 Å². The molecule has 1 aromatic heterocycles. The summed E-state index contributed by atoms with van der Waals surface area (Å²) in [7, 11) is 2.14. The largest absolute Gasteiger partial charge is 0.405 e. The van der Waals surface area contributed by atoms with Gasteiger partial charge in [0.15, 0.2) is 0 Å². The zero-order valence-electron chi connectivity index (χ0n) is 18.3. The van der Waals surface area contributed by atoms with Crippen molar-refractivity contribution in [2.75, 3.05) is 45.1 Å². The number of hydrogen-bond acceptors (Lipinski definition) is 7. The second kappa shape index (κ2) is 11.3. The van der Waals surface area contributed by atoms with E-state index in [0.29, 0.717) is 12.1 Å². The molecule has 1 aliphatic rings. The molecule has 0 saturated carbocycles. The standard InChI is InChI=1S/C22H29N7O2.H2/c1-4-23-22(24-5-2)31-19-9-10-25-21(26-19)27-20(30)18-8-6-7-17(15-18)16-29-13-11-28(3)12-14-29;/h4,6-10,15H,5,11-14,16H2,1-3H3,(H,25,26,27,30);1H/b23-4-,24-22?;. The van der Waals surface area contributed by atoms with Crippen LogP contribution in [0.1, 0.15) is 31.2 Å². The number of piperazine rings is 1. The topological polar surface area (TPSA) is 95.3 Å². The molecule has 1 aliphatic heterocycles. The Hall–Kier alpha value is -3.17. The third kappa shape index (κ3) is 6.94. The van der Waals surface area contributed by atoms with Gasteiger partial charge in [-0.2, -0.15) is 4.98 Å². The molecule has 3 rings (SSSR count). The summed E-state index contributed by atoms with van der Waals surface area (Å²) in [5, 5.41) is 2.73. The highest BCUT2D eigenvalue weighted by atomic mass is 16.5. The Bertz CT molecular complexity index is 943. The smallest absolute Gasteiger partial charge is 0.318 e. The van der Waals surface area contributed by atoms with Crippen LogP contribution in [-0.4, -0.2) is 77.7 Å². The number of amides is 1. The molecule has 1 N–H and O–H groups in total. The summed E-state index contributed by atoms with van der Waals surface area (Å²) in [6.07, 6.45) is 3.11. The molecule has 1 amide bonds. The fourth-order valence-corrected chi connectivity index (χ4v) is 3.15. The fraction of sp³-hybridized carbons (Fsp3) is 0.409. The van der Waals surface area contributed by atoms with Gasteiger partial charge in [-0.15, -0.1) is 0 Å². The maximum atomic E-state index is 12.7. The van der Waals surface area contributed by atoms with Gasteiger partial charge < -0.3 is 9.64 Å². The first-order valence-electron chi connectivity index (χ1n) is 10.4. The van der Waals surface area contributed by atoms with Gasteiger partial charge in [0.25, 0.3) is 5.91 Å². The monoisotopic (exact) mass is 425 g/mol. The molecule has 0 unspecified atom stereocenters. The Labute approximate surface area is 184 Å². The van der Waals surface area contributed by atoms with Crippen molar-refractivity contribution < 1.29 is 11.0 Å². The normalized spacial score (nSPS) is 15.9. The Morgan fingerprint density at radius 2 is 2.10 bits per heavy atom. The molecule has 2 aromatic rings. The number of likely N-dealkylation sites (N-methyl/N-ethyl adjacent to an activating group) is 1. The van der Waals surface area contributed by atoms with Gasteiger partial charge in [-0.1, -0.05) is 12.1 Å². The van der Waals surface area contributed by atoms with Crippen LogP contribution in [0.25, 0.3) is 0 Å². The van der Waals surface area contributed by atoms with E-state index >= 15 is 0 Å². The van der Waals surface area contributed by atoms with Gasteiger partial charge in [0.05, 0.1) is 0 Å². The number of aromatic nitrogens is 2. The minimum Gasteiger partial charge on any atom is -0.405 e. The number of nitrogens with one attached hydrogen (secondary N) is 1. The Kier molecular flexibility index (Phi) is 8.19. The maximum Gasteiger partial charge on any atom is 0.318 e. The average Bonchev–Trinajstić information content (AvgIpc) is 2.76. The van der Waals surface area contributed by atoms with Crippen molar-refractivity contribution in [2.45, 2.75) is 20.4 Å². The number of carbonyl (C=O) groups excluding carboxylic acids is 1. The molecule has 1 fully saturated rings. The second-order valence-electron chi connectivity index (χ2n) is 7.20. The van der Waals surface area contributed by atoms with Crippen LogP contribution in [0.15, 0.2) is 46.5 Å². The van der Waals surface area contributed by atoms with E-state index in [-0.39, 0.29) is 25.2 Å². The minimum absolute atomic E-state index is 0. The number of nitrogens with zero attached hydrogens (tertiary/aromatic N) is 6. The molecule has 0 radical (unpaired) electrons. The molecule has 1 aromatic carbocycles. The Balaban J connectivity index is 0.00000363. The molecule has 0 spiro atoms. The Morgan fingerprint density at radius 3 is 2.84 bits per heavy atom. The lowest BCUT2D eigenvalue weighted by Gasteiger charge is -2.32. The number of ether oxygens (including phenoxy) is 1. The first-order valence-corrected chi connectivity index (χ1v) is 10.4. The zero-order valence-corrected chi connectivity index (χ0v) is 18.3. The highest BCUT2D eigenvalue weighted by Gasteiger charge is 2.15. The van der Waals surface area contributed by atoms with Gasteiger partial charge in [-0.05, 0) is 38.6 Å². The van der Waals surface area contributed by atoms with Crippen LogP contribution in [0.4, 0.5) is 5.95 Å². The molecular weight excluding hydrogens is 394 g/mol. The van der Waals surface area contributed by atoms with Crippen molar-refractivity contribution in [3.05, 3.63) is 47.7 Å². The molecule has 9 nitrogen and oxygen atoms in total. The van der Waals surface area contributed by atoms with Crippen molar-refractivity contribution in [1.82, 2.24) is 19.8 Å². The molecule has 0 aliphatic carbocycles. The number of benzene rings is 1. The van der Waals surface area contributed by atoms with E-state index in [1.54, 1.807) is 25.3 Å². The molecule has 9 heteroatoms. The van der Waals surface area contributed by atoms with E-state index in [2.05, 4.69) is 42.1 Å². The van der Waals surface area contributed by atoms with E-state index < -0.39 is 0 Å². The van der Waals surface area contributed by atoms with Crippen LogP contribution in [0.2, 0.25) is 0 Å². The summed E-state index contributed by atoms with van der Waals surface area (Å²) >= 11 is 0. The lowest BCUT2D eigenvalue weighted by molar-refractivity contribution is 0.102. The maximum absolute atomic E-state index is 12.7.